The number of ether oxygens (including phenoxy) is 2. The SMILES string of the molecule is CC(=O)c1c[nH]c(C(=O)OCC(=O)N2CCOC2=O)c1. The second kappa shape index (κ2) is 5.55. The molecule has 0 bridgehead atoms. The van der Waals surface area contributed by atoms with Gasteiger partial charge in [0, 0.05) is 11.8 Å². The van der Waals surface area contributed by atoms with E-state index in [9.17, 15) is 19.2 Å². The Morgan fingerprint density at radius 2 is 2.20 bits per heavy atom. The Bertz CT molecular complexity index is 576. The normalized spacial score (nSPS) is 14.1. The number of rotatable bonds is 4. The van der Waals surface area contributed by atoms with Crippen molar-refractivity contribution >= 4 is 23.8 Å². The molecule has 106 valence electrons. The molecule has 2 rings (SSSR count). The topological polar surface area (TPSA) is 106 Å². The van der Waals surface area contributed by atoms with Crippen molar-refractivity contribution in [2.45, 2.75) is 6.92 Å². The van der Waals surface area contributed by atoms with Gasteiger partial charge in [-0.15, -0.1) is 0 Å². The van der Waals surface area contributed by atoms with E-state index in [-0.39, 0.29) is 24.6 Å². The number of carbonyl (C=O) groups is 4. The first-order valence-corrected chi connectivity index (χ1v) is 5.82. The number of ketones is 1. The van der Waals surface area contributed by atoms with Crippen LogP contribution in [-0.2, 0) is 14.3 Å². The van der Waals surface area contributed by atoms with Crippen LogP contribution < -0.4 is 0 Å². The Kier molecular flexibility index (Phi) is 3.83. The van der Waals surface area contributed by atoms with E-state index in [4.69, 9.17) is 4.74 Å². The standard InChI is InChI=1S/C12H12N2O6/c1-7(15)8-4-9(13-5-8)11(17)20-6-10(16)14-2-3-19-12(14)18/h4-5,13H,2-3,6H2,1H3. The summed E-state index contributed by atoms with van der Waals surface area (Å²) >= 11 is 0. The van der Waals surface area contributed by atoms with Gasteiger partial charge in [0.25, 0.3) is 5.91 Å². The Balaban J connectivity index is 1.89. The fourth-order valence-electron chi connectivity index (χ4n) is 1.62. The van der Waals surface area contributed by atoms with E-state index in [2.05, 4.69) is 9.72 Å². The minimum atomic E-state index is -0.779. The zero-order valence-corrected chi connectivity index (χ0v) is 10.7. The minimum absolute atomic E-state index is 0.0620. The van der Waals surface area contributed by atoms with Gasteiger partial charge >= 0.3 is 12.1 Å². The van der Waals surface area contributed by atoms with Crippen molar-refractivity contribution < 1.29 is 28.7 Å². The molecule has 1 aromatic heterocycles. The van der Waals surface area contributed by atoms with Crippen LogP contribution in [0.3, 0.4) is 0 Å². The van der Waals surface area contributed by atoms with Crippen LogP contribution in [0.1, 0.15) is 27.8 Å². The second-order valence-electron chi connectivity index (χ2n) is 4.09. The molecular formula is C12H12N2O6. The molecule has 1 aromatic rings. The summed E-state index contributed by atoms with van der Waals surface area (Å²) in [5.74, 6) is -1.63. The third-order valence-electron chi connectivity index (χ3n) is 2.70. The number of carbonyl (C=O) groups excluding carboxylic acids is 4. The number of aromatic nitrogens is 1. The van der Waals surface area contributed by atoms with Gasteiger partial charge in [0.1, 0.15) is 12.3 Å². The Morgan fingerprint density at radius 3 is 2.75 bits per heavy atom. The third kappa shape index (κ3) is 2.85. The van der Waals surface area contributed by atoms with E-state index < -0.39 is 24.6 Å². The lowest BCUT2D eigenvalue weighted by Gasteiger charge is -2.10. The molecule has 8 nitrogen and oxygen atoms in total. The van der Waals surface area contributed by atoms with E-state index in [0.717, 1.165) is 4.90 Å². The van der Waals surface area contributed by atoms with Gasteiger partial charge in [-0.05, 0) is 13.0 Å². The summed E-state index contributed by atoms with van der Waals surface area (Å²) in [5, 5.41) is 0. The van der Waals surface area contributed by atoms with Crippen molar-refractivity contribution in [3.63, 3.8) is 0 Å². The molecular weight excluding hydrogens is 268 g/mol. The smallest absolute Gasteiger partial charge is 0.416 e. The molecule has 1 saturated heterocycles. The van der Waals surface area contributed by atoms with Gasteiger partial charge in [-0.25, -0.2) is 14.5 Å². The molecule has 2 amide bonds. The van der Waals surface area contributed by atoms with Crippen LogP contribution in [0, 0.1) is 0 Å². The predicted molar refractivity (Wildman–Crippen MR) is 64.1 cm³/mol. The quantitative estimate of drug-likeness (QED) is 0.630. The highest BCUT2D eigenvalue weighted by molar-refractivity contribution is 5.98. The molecule has 0 radical (unpaired) electrons. The van der Waals surface area contributed by atoms with Crippen molar-refractivity contribution in [3.05, 3.63) is 23.5 Å². The number of nitrogens with one attached hydrogen (secondary N) is 1. The molecule has 2 heterocycles. The van der Waals surface area contributed by atoms with Crippen molar-refractivity contribution in [1.82, 2.24) is 9.88 Å². The average Bonchev–Trinajstić information content (AvgIpc) is 3.04. The average molecular weight is 280 g/mol. The van der Waals surface area contributed by atoms with Crippen molar-refractivity contribution in [1.29, 1.82) is 0 Å². The van der Waals surface area contributed by atoms with Crippen molar-refractivity contribution in [2.75, 3.05) is 19.8 Å². The fourth-order valence-corrected chi connectivity index (χ4v) is 1.62. The summed E-state index contributed by atoms with van der Waals surface area (Å²) < 4.78 is 9.35. The molecule has 1 aliphatic heterocycles. The Hall–Kier alpha value is -2.64. The van der Waals surface area contributed by atoms with E-state index in [1.807, 2.05) is 0 Å². The first-order chi connectivity index (χ1) is 9.49. The number of esters is 1. The number of hydrogen-bond acceptors (Lipinski definition) is 6. The maximum atomic E-state index is 11.6. The lowest BCUT2D eigenvalue weighted by Crippen LogP contribution is -2.35. The van der Waals surface area contributed by atoms with Gasteiger partial charge in [-0.1, -0.05) is 0 Å². The number of imide groups is 1. The number of hydrogen-bond donors (Lipinski definition) is 1. The van der Waals surface area contributed by atoms with Crippen LogP contribution in [0.5, 0.6) is 0 Å². The number of amides is 2. The summed E-state index contributed by atoms with van der Waals surface area (Å²) in [5.41, 5.74) is 0.401. The highest BCUT2D eigenvalue weighted by Gasteiger charge is 2.29. The molecule has 0 atom stereocenters. The molecule has 20 heavy (non-hydrogen) atoms. The molecule has 1 aliphatic rings. The van der Waals surface area contributed by atoms with Gasteiger partial charge in [0.15, 0.2) is 12.4 Å². The van der Waals surface area contributed by atoms with E-state index >= 15 is 0 Å². The lowest BCUT2D eigenvalue weighted by molar-refractivity contribution is -0.131. The summed E-state index contributed by atoms with van der Waals surface area (Å²) in [7, 11) is 0. The van der Waals surface area contributed by atoms with Gasteiger partial charge < -0.3 is 14.5 Å². The van der Waals surface area contributed by atoms with Gasteiger partial charge in [0.05, 0.1) is 6.54 Å². The number of cyclic esters (lactones) is 1. The van der Waals surface area contributed by atoms with Crippen LogP contribution in [0.25, 0.3) is 0 Å². The van der Waals surface area contributed by atoms with Crippen LogP contribution in [-0.4, -0.2) is 53.4 Å². The third-order valence-corrected chi connectivity index (χ3v) is 2.70. The van der Waals surface area contributed by atoms with E-state index in [1.165, 1.54) is 19.2 Å². The molecule has 1 N–H and O–H groups in total. The molecule has 0 aromatic carbocycles. The first-order valence-electron chi connectivity index (χ1n) is 5.82. The van der Waals surface area contributed by atoms with Crippen molar-refractivity contribution in [2.24, 2.45) is 0 Å². The number of nitrogens with zero attached hydrogens (tertiary/aromatic N) is 1. The predicted octanol–water partition coefficient (Wildman–Crippen LogP) is 0.353. The summed E-state index contributed by atoms with van der Waals surface area (Å²) in [6, 6.07) is 1.33. The van der Waals surface area contributed by atoms with E-state index in [1.54, 1.807) is 0 Å². The summed E-state index contributed by atoms with van der Waals surface area (Å²) in [4.78, 5) is 48.8. The fraction of sp³-hybridized carbons (Fsp3) is 0.333. The lowest BCUT2D eigenvalue weighted by atomic mass is 10.2. The summed E-state index contributed by atoms with van der Waals surface area (Å²) in [6.07, 6.45) is 0.628. The molecule has 8 heteroatoms. The highest BCUT2D eigenvalue weighted by atomic mass is 16.6. The number of H-pyrrole nitrogens is 1. The van der Waals surface area contributed by atoms with Gasteiger partial charge in [-0.3, -0.25) is 9.59 Å². The van der Waals surface area contributed by atoms with Crippen molar-refractivity contribution in [3.8, 4) is 0 Å². The van der Waals surface area contributed by atoms with Crippen LogP contribution in [0.4, 0.5) is 4.79 Å². The highest BCUT2D eigenvalue weighted by Crippen LogP contribution is 2.07. The molecule has 1 fully saturated rings. The molecule has 0 aliphatic carbocycles. The molecule has 0 unspecified atom stereocenters. The van der Waals surface area contributed by atoms with Crippen LogP contribution in [0.15, 0.2) is 12.3 Å². The largest absolute Gasteiger partial charge is 0.451 e. The zero-order chi connectivity index (χ0) is 14.7. The van der Waals surface area contributed by atoms with Gasteiger partial charge in [0.2, 0.25) is 0 Å². The maximum Gasteiger partial charge on any atom is 0.416 e. The van der Waals surface area contributed by atoms with E-state index in [0.29, 0.717) is 5.56 Å². The number of Topliss-reactive ketones (excluding diaryl/α,β-unsaturated/α-hetero) is 1. The second-order valence-corrected chi connectivity index (χ2v) is 4.09. The minimum Gasteiger partial charge on any atom is -0.451 e. The molecule has 0 saturated carbocycles. The summed E-state index contributed by atoms with van der Waals surface area (Å²) in [6.45, 7) is 1.08. The van der Waals surface area contributed by atoms with Gasteiger partial charge in [-0.2, -0.15) is 0 Å². The maximum absolute atomic E-state index is 11.6. The zero-order valence-electron chi connectivity index (χ0n) is 10.7. The Labute approximate surface area is 113 Å². The van der Waals surface area contributed by atoms with Crippen LogP contribution in [0.2, 0.25) is 0 Å². The number of aromatic amines is 1. The van der Waals surface area contributed by atoms with Crippen LogP contribution >= 0.6 is 0 Å². The Morgan fingerprint density at radius 1 is 1.45 bits per heavy atom. The first kappa shape index (κ1) is 13.8. The molecule has 0 spiro atoms. The monoisotopic (exact) mass is 280 g/mol.